The van der Waals surface area contributed by atoms with E-state index in [1.807, 2.05) is 0 Å². The van der Waals surface area contributed by atoms with Gasteiger partial charge >= 0.3 is 7.60 Å². The molecule has 0 radical (unpaired) electrons. The third-order valence-corrected chi connectivity index (χ3v) is 7.55. The Morgan fingerprint density at radius 2 is 1.23 bits per heavy atom. The van der Waals surface area contributed by atoms with Crippen molar-refractivity contribution < 1.29 is 14.0 Å². The van der Waals surface area contributed by atoms with Gasteiger partial charge in [-0.05, 0) is 44.4 Å². The molecule has 0 amide bonds. The lowest BCUT2D eigenvalue weighted by atomic mass is 10.0. The van der Waals surface area contributed by atoms with Gasteiger partial charge in [0.05, 0.1) is 12.8 Å². The van der Waals surface area contributed by atoms with Gasteiger partial charge in [0.1, 0.15) is 0 Å². The van der Waals surface area contributed by atoms with Gasteiger partial charge in [0, 0.05) is 0 Å². The number of unbranched alkanes of at least 4 members (excludes halogenated alkanes) is 13. The highest BCUT2D eigenvalue weighted by Gasteiger charge is 2.23. The molecule has 0 fully saturated rings. The normalized spacial score (nSPS) is 14.9. The van der Waals surface area contributed by atoms with Gasteiger partial charge in [0.15, 0.2) is 0 Å². The van der Waals surface area contributed by atoms with Crippen molar-refractivity contribution in [3.63, 3.8) is 0 Å². The van der Waals surface area contributed by atoms with E-state index in [4.69, 9.17) is 4.52 Å². The molecule has 0 heterocycles. The number of allylic oxidation sites excluding steroid dienone is 2. The Morgan fingerprint density at radius 3 is 1.77 bits per heavy atom. The lowest BCUT2D eigenvalue weighted by Gasteiger charge is -2.18. The first kappa shape index (κ1) is 29.9. The van der Waals surface area contributed by atoms with E-state index in [1.54, 1.807) is 0 Å². The summed E-state index contributed by atoms with van der Waals surface area (Å²) in [7, 11) is -3.40. The summed E-state index contributed by atoms with van der Waals surface area (Å²) in [6.07, 6.45) is 27.1. The predicted molar refractivity (Wildman–Crippen MR) is 133 cm³/mol. The Kier molecular flexibility index (Phi) is 22.0. The molecule has 0 rings (SSSR count). The molecule has 2 unspecified atom stereocenters. The molecular weight excluding hydrogens is 391 g/mol. The van der Waals surface area contributed by atoms with Crippen molar-refractivity contribution in [2.24, 2.45) is 5.92 Å². The van der Waals surface area contributed by atoms with Gasteiger partial charge in [0.2, 0.25) is 0 Å². The van der Waals surface area contributed by atoms with E-state index in [-0.39, 0.29) is 0 Å². The van der Waals surface area contributed by atoms with Crippen LogP contribution in [0.3, 0.4) is 0 Å². The fraction of sp³-hybridized carbons (Fsp3) is 0.923. The Bertz CT molecular complexity index is 423. The van der Waals surface area contributed by atoms with Gasteiger partial charge in [0.25, 0.3) is 0 Å². The predicted octanol–water partition coefficient (Wildman–Crippen LogP) is 9.44. The standard InChI is InChI=1S/C26H53O3P/c1-4-7-9-10-11-12-13-14-15-16-17-18-19-20-21-22-24-29-30(27,28)25-26(6-3)23-8-5-2/h14-15,26H,4-13,16-25H2,1-3H3,(H,27,28)/b15-14-. The van der Waals surface area contributed by atoms with Crippen LogP contribution < -0.4 is 0 Å². The highest BCUT2D eigenvalue weighted by Crippen LogP contribution is 2.45. The topological polar surface area (TPSA) is 46.5 Å². The van der Waals surface area contributed by atoms with E-state index in [0.29, 0.717) is 18.7 Å². The molecule has 2 atom stereocenters. The fourth-order valence-corrected chi connectivity index (χ4v) is 5.47. The van der Waals surface area contributed by atoms with Crippen LogP contribution in [0, 0.1) is 5.92 Å². The van der Waals surface area contributed by atoms with Crippen molar-refractivity contribution in [2.45, 2.75) is 136 Å². The largest absolute Gasteiger partial charge is 0.328 e. The summed E-state index contributed by atoms with van der Waals surface area (Å²) in [5, 5.41) is 0. The molecule has 0 saturated carbocycles. The number of rotatable bonds is 23. The van der Waals surface area contributed by atoms with Crippen molar-refractivity contribution in [1.82, 2.24) is 0 Å². The van der Waals surface area contributed by atoms with Crippen LogP contribution in [0.2, 0.25) is 0 Å². The van der Waals surface area contributed by atoms with Crippen LogP contribution in [0.1, 0.15) is 136 Å². The lowest BCUT2D eigenvalue weighted by Crippen LogP contribution is -2.08. The lowest BCUT2D eigenvalue weighted by molar-refractivity contribution is 0.246. The minimum absolute atomic E-state index is 0.320. The molecule has 0 aliphatic heterocycles. The first-order valence-corrected chi connectivity index (χ1v) is 14.9. The number of hydrogen-bond acceptors (Lipinski definition) is 2. The zero-order chi connectivity index (χ0) is 22.3. The summed E-state index contributed by atoms with van der Waals surface area (Å²) < 4.78 is 17.6. The second-order valence-corrected chi connectivity index (χ2v) is 10.9. The monoisotopic (exact) mass is 444 g/mol. The first-order valence-electron chi connectivity index (χ1n) is 13.2. The maximum atomic E-state index is 12.2. The quantitative estimate of drug-likeness (QED) is 0.0969. The second-order valence-electron chi connectivity index (χ2n) is 9.01. The molecule has 0 bridgehead atoms. The zero-order valence-electron chi connectivity index (χ0n) is 20.6. The maximum absolute atomic E-state index is 12.2. The molecule has 0 aliphatic carbocycles. The van der Waals surface area contributed by atoms with Crippen LogP contribution in [0.5, 0.6) is 0 Å². The minimum atomic E-state index is -3.40. The Balaban J connectivity index is 3.46. The molecule has 0 aromatic heterocycles. The fourth-order valence-electron chi connectivity index (χ4n) is 3.85. The van der Waals surface area contributed by atoms with E-state index in [1.165, 1.54) is 77.0 Å². The average molecular weight is 445 g/mol. The molecule has 30 heavy (non-hydrogen) atoms. The van der Waals surface area contributed by atoms with Gasteiger partial charge in [-0.2, -0.15) is 0 Å². The van der Waals surface area contributed by atoms with Gasteiger partial charge in [-0.1, -0.05) is 110 Å². The van der Waals surface area contributed by atoms with Crippen LogP contribution >= 0.6 is 7.60 Å². The smallest absolute Gasteiger partial charge is 0.324 e. The average Bonchev–Trinajstić information content (AvgIpc) is 2.73. The molecule has 0 aromatic carbocycles. The summed E-state index contributed by atoms with van der Waals surface area (Å²) in [5.74, 6) is 0.320. The third kappa shape index (κ3) is 21.1. The molecular formula is C26H53O3P. The van der Waals surface area contributed by atoms with Gasteiger partial charge < -0.3 is 9.42 Å². The Labute approximate surface area is 189 Å². The van der Waals surface area contributed by atoms with Crippen LogP contribution in [0.4, 0.5) is 0 Å². The van der Waals surface area contributed by atoms with Crippen LogP contribution in [-0.2, 0) is 9.09 Å². The summed E-state index contributed by atoms with van der Waals surface area (Å²) in [5.41, 5.74) is 0. The summed E-state index contributed by atoms with van der Waals surface area (Å²) >= 11 is 0. The van der Waals surface area contributed by atoms with Crippen molar-refractivity contribution in [3.05, 3.63) is 12.2 Å². The van der Waals surface area contributed by atoms with Crippen molar-refractivity contribution >= 4 is 7.60 Å². The second kappa shape index (κ2) is 22.1. The zero-order valence-corrected chi connectivity index (χ0v) is 21.5. The van der Waals surface area contributed by atoms with E-state index in [9.17, 15) is 9.46 Å². The van der Waals surface area contributed by atoms with Crippen molar-refractivity contribution in [2.75, 3.05) is 12.8 Å². The summed E-state index contributed by atoms with van der Waals surface area (Å²) in [6, 6.07) is 0. The van der Waals surface area contributed by atoms with Gasteiger partial charge in [-0.25, -0.2) is 0 Å². The third-order valence-electron chi connectivity index (χ3n) is 5.98. The van der Waals surface area contributed by atoms with E-state index in [2.05, 4.69) is 32.9 Å². The Hall–Kier alpha value is -0.110. The van der Waals surface area contributed by atoms with Crippen LogP contribution in [0.25, 0.3) is 0 Å². The highest BCUT2D eigenvalue weighted by molar-refractivity contribution is 7.52. The van der Waals surface area contributed by atoms with Crippen LogP contribution in [0.15, 0.2) is 12.2 Å². The molecule has 1 N–H and O–H groups in total. The van der Waals surface area contributed by atoms with Crippen molar-refractivity contribution in [3.8, 4) is 0 Å². The summed E-state index contributed by atoms with van der Waals surface area (Å²) in [6.45, 7) is 6.96. The maximum Gasteiger partial charge on any atom is 0.328 e. The molecule has 0 saturated heterocycles. The minimum Gasteiger partial charge on any atom is -0.324 e. The summed E-state index contributed by atoms with van der Waals surface area (Å²) in [4.78, 5) is 10.1. The van der Waals surface area contributed by atoms with Gasteiger partial charge in [-0.15, -0.1) is 0 Å². The first-order chi connectivity index (χ1) is 14.6. The van der Waals surface area contributed by atoms with E-state index < -0.39 is 7.60 Å². The van der Waals surface area contributed by atoms with E-state index >= 15 is 0 Å². The molecule has 0 spiro atoms. The molecule has 180 valence electrons. The molecule has 3 nitrogen and oxygen atoms in total. The Morgan fingerprint density at radius 1 is 0.733 bits per heavy atom. The van der Waals surface area contributed by atoms with Crippen molar-refractivity contribution in [1.29, 1.82) is 0 Å². The molecule has 0 aromatic rings. The molecule has 0 aliphatic rings. The molecule has 4 heteroatoms. The van der Waals surface area contributed by atoms with Crippen LogP contribution in [-0.4, -0.2) is 17.7 Å². The highest BCUT2D eigenvalue weighted by atomic mass is 31.2. The van der Waals surface area contributed by atoms with Gasteiger partial charge in [-0.3, -0.25) is 4.57 Å². The van der Waals surface area contributed by atoms with E-state index in [0.717, 1.165) is 38.5 Å². The number of hydrogen-bond donors (Lipinski definition) is 1. The SMILES string of the molecule is CCCCCCCC/C=C\CCCCCCCCOP(=O)(O)CC(CC)CCCC.